The van der Waals surface area contributed by atoms with Gasteiger partial charge in [0.25, 0.3) is 0 Å². The highest BCUT2D eigenvalue weighted by Gasteiger charge is 2.15. The van der Waals surface area contributed by atoms with Crippen molar-refractivity contribution in [3.63, 3.8) is 0 Å². The van der Waals surface area contributed by atoms with Crippen molar-refractivity contribution in [1.29, 1.82) is 0 Å². The first-order chi connectivity index (χ1) is 6.88. The van der Waals surface area contributed by atoms with Crippen molar-refractivity contribution in [2.24, 2.45) is 0 Å². The quantitative estimate of drug-likeness (QED) is 0.653. The van der Waals surface area contributed by atoms with Gasteiger partial charge in [0.15, 0.2) is 0 Å². The van der Waals surface area contributed by atoms with E-state index in [1.165, 1.54) is 5.56 Å². The Bertz CT molecular complexity index is 341. The van der Waals surface area contributed by atoms with E-state index in [0.29, 0.717) is 0 Å². The van der Waals surface area contributed by atoms with E-state index in [1.54, 1.807) is 0 Å². The summed E-state index contributed by atoms with van der Waals surface area (Å²) in [4.78, 5) is 2.11. The molecule has 1 aromatic rings. The molecule has 0 spiro atoms. The molecule has 0 aromatic heterocycles. The fourth-order valence-corrected chi connectivity index (χ4v) is 1.65. The summed E-state index contributed by atoms with van der Waals surface area (Å²) in [6.07, 6.45) is 3.99. The summed E-state index contributed by atoms with van der Waals surface area (Å²) in [6, 6.07) is 10.5. The predicted octanol–water partition coefficient (Wildman–Crippen LogP) is 1.69. The molecular formula is C12H15N2+. The fourth-order valence-electron chi connectivity index (χ4n) is 1.65. The standard InChI is InChI=1S/C12H15N2/c1-2-13-8-9-14(11-13)10-12-6-4-3-5-7-12/h2-7,11H,1,8-10H2/q+1. The van der Waals surface area contributed by atoms with E-state index in [2.05, 4.69) is 46.7 Å². The molecule has 1 aliphatic rings. The van der Waals surface area contributed by atoms with Gasteiger partial charge in [0.1, 0.15) is 19.6 Å². The summed E-state index contributed by atoms with van der Waals surface area (Å²) in [5.74, 6) is 0. The summed E-state index contributed by atoms with van der Waals surface area (Å²) in [7, 11) is 0. The van der Waals surface area contributed by atoms with Gasteiger partial charge < -0.3 is 0 Å². The Kier molecular flexibility index (Phi) is 2.63. The topological polar surface area (TPSA) is 6.25 Å². The molecule has 2 heteroatoms. The van der Waals surface area contributed by atoms with E-state index in [1.807, 2.05) is 12.3 Å². The molecular weight excluding hydrogens is 172 g/mol. The first kappa shape index (κ1) is 9.00. The molecule has 2 rings (SSSR count). The Morgan fingerprint density at radius 1 is 1.36 bits per heavy atom. The number of rotatable bonds is 3. The van der Waals surface area contributed by atoms with Gasteiger partial charge in [0, 0.05) is 0 Å². The van der Waals surface area contributed by atoms with Crippen LogP contribution in [-0.4, -0.2) is 28.9 Å². The van der Waals surface area contributed by atoms with Gasteiger partial charge in [0.05, 0.1) is 6.20 Å². The summed E-state index contributed by atoms with van der Waals surface area (Å²) >= 11 is 0. The highest BCUT2D eigenvalue weighted by molar-refractivity contribution is 5.51. The van der Waals surface area contributed by atoms with E-state index in [4.69, 9.17) is 0 Å². The van der Waals surface area contributed by atoms with Gasteiger partial charge in [-0.1, -0.05) is 36.9 Å². The van der Waals surface area contributed by atoms with Gasteiger partial charge >= 0.3 is 0 Å². The lowest BCUT2D eigenvalue weighted by Crippen LogP contribution is -2.09. The number of nitrogens with zero attached hydrogens (tertiary/aromatic N) is 2. The average molecular weight is 187 g/mol. The van der Waals surface area contributed by atoms with E-state index in [0.717, 1.165) is 19.6 Å². The summed E-state index contributed by atoms with van der Waals surface area (Å²) < 4.78 is 2.30. The lowest BCUT2D eigenvalue weighted by molar-refractivity contribution is -0.530. The second-order valence-electron chi connectivity index (χ2n) is 3.49. The molecule has 0 amide bonds. The normalized spacial score (nSPS) is 15.4. The van der Waals surface area contributed by atoms with Crippen LogP contribution in [0.1, 0.15) is 5.56 Å². The van der Waals surface area contributed by atoms with Crippen molar-refractivity contribution in [3.8, 4) is 0 Å². The van der Waals surface area contributed by atoms with Crippen molar-refractivity contribution in [2.75, 3.05) is 13.1 Å². The van der Waals surface area contributed by atoms with Crippen LogP contribution in [0.5, 0.6) is 0 Å². The smallest absolute Gasteiger partial charge is 0.239 e. The van der Waals surface area contributed by atoms with Gasteiger partial charge in [-0.05, 0) is 5.56 Å². The maximum absolute atomic E-state index is 3.75. The van der Waals surface area contributed by atoms with Crippen LogP contribution in [0.15, 0.2) is 43.1 Å². The van der Waals surface area contributed by atoms with Gasteiger partial charge in [-0.2, -0.15) is 0 Å². The Hall–Kier alpha value is -1.57. The zero-order chi connectivity index (χ0) is 9.80. The van der Waals surface area contributed by atoms with Crippen LogP contribution in [0, 0.1) is 0 Å². The Morgan fingerprint density at radius 3 is 2.79 bits per heavy atom. The van der Waals surface area contributed by atoms with E-state index in [9.17, 15) is 0 Å². The van der Waals surface area contributed by atoms with Gasteiger partial charge in [-0.25, -0.2) is 4.90 Å². The van der Waals surface area contributed by atoms with Crippen molar-refractivity contribution < 1.29 is 4.58 Å². The number of hydrogen-bond acceptors (Lipinski definition) is 1. The third kappa shape index (κ3) is 2.02. The van der Waals surface area contributed by atoms with Crippen molar-refractivity contribution in [3.05, 3.63) is 48.7 Å². The molecule has 1 aliphatic heterocycles. The van der Waals surface area contributed by atoms with Crippen molar-refractivity contribution >= 4 is 6.34 Å². The summed E-state index contributed by atoms with van der Waals surface area (Å²) in [6.45, 7) is 6.88. The van der Waals surface area contributed by atoms with E-state index in [-0.39, 0.29) is 0 Å². The summed E-state index contributed by atoms with van der Waals surface area (Å²) in [5.41, 5.74) is 1.36. The number of benzene rings is 1. The molecule has 0 saturated heterocycles. The second-order valence-corrected chi connectivity index (χ2v) is 3.49. The highest BCUT2D eigenvalue weighted by Crippen LogP contribution is 2.03. The molecule has 2 nitrogen and oxygen atoms in total. The zero-order valence-electron chi connectivity index (χ0n) is 8.26. The van der Waals surface area contributed by atoms with Crippen LogP contribution in [0.2, 0.25) is 0 Å². The van der Waals surface area contributed by atoms with Crippen LogP contribution < -0.4 is 0 Å². The lowest BCUT2D eigenvalue weighted by atomic mass is 10.2. The van der Waals surface area contributed by atoms with Crippen LogP contribution in [0.4, 0.5) is 0 Å². The third-order valence-corrected chi connectivity index (χ3v) is 2.42. The zero-order valence-corrected chi connectivity index (χ0v) is 8.26. The largest absolute Gasteiger partial charge is 0.260 e. The van der Waals surface area contributed by atoms with Crippen LogP contribution in [-0.2, 0) is 6.54 Å². The molecule has 0 radical (unpaired) electrons. The molecule has 72 valence electrons. The maximum Gasteiger partial charge on any atom is 0.239 e. The van der Waals surface area contributed by atoms with E-state index < -0.39 is 0 Å². The molecule has 0 aliphatic carbocycles. The van der Waals surface area contributed by atoms with Gasteiger partial charge in [-0.3, -0.25) is 4.58 Å². The summed E-state index contributed by atoms with van der Waals surface area (Å²) in [5, 5.41) is 0. The molecule has 0 saturated carbocycles. The molecule has 0 atom stereocenters. The lowest BCUT2D eigenvalue weighted by Gasteiger charge is -1.99. The Morgan fingerprint density at radius 2 is 2.14 bits per heavy atom. The molecule has 14 heavy (non-hydrogen) atoms. The monoisotopic (exact) mass is 187 g/mol. The Balaban J connectivity index is 2.03. The van der Waals surface area contributed by atoms with Crippen molar-refractivity contribution in [2.45, 2.75) is 6.54 Å². The van der Waals surface area contributed by atoms with Crippen LogP contribution in [0.25, 0.3) is 0 Å². The molecule has 0 bridgehead atoms. The minimum absolute atomic E-state index is 0.991. The third-order valence-electron chi connectivity index (χ3n) is 2.42. The minimum atomic E-state index is 0.991. The van der Waals surface area contributed by atoms with Crippen molar-refractivity contribution in [1.82, 2.24) is 4.90 Å². The van der Waals surface area contributed by atoms with E-state index >= 15 is 0 Å². The maximum atomic E-state index is 3.75. The highest BCUT2D eigenvalue weighted by atomic mass is 15.3. The Labute approximate surface area is 84.8 Å². The second kappa shape index (κ2) is 4.09. The molecule has 0 unspecified atom stereocenters. The van der Waals surface area contributed by atoms with Crippen LogP contribution >= 0.6 is 0 Å². The average Bonchev–Trinajstić information content (AvgIpc) is 2.67. The predicted molar refractivity (Wildman–Crippen MR) is 58.2 cm³/mol. The van der Waals surface area contributed by atoms with Gasteiger partial charge in [0.2, 0.25) is 6.34 Å². The fraction of sp³-hybridized carbons (Fsp3) is 0.250. The molecule has 0 N–H and O–H groups in total. The molecule has 0 fully saturated rings. The number of hydrogen-bond donors (Lipinski definition) is 0. The molecule has 1 heterocycles. The minimum Gasteiger partial charge on any atom is -0.260 e. The van der Waals surface area contributed by atoms with Crippen LogP contribution in [0.3, 0.4) is 0 Å². The SMILES string of the molecule is C=CN1C=[N+](Cc2ccccc2)CC1. The molecule has 1 aromatic carbocycles. The first-order valence-electron chi connectivity index (χ1n) is 4.90. The van der Waals surface area contributed by atoms with Gasteiger partial charge in [-0.15, -0.1) is 0 Å². The first-order valence-corrected chi connectivity index (χ1v) is 4.90.